The zero-order valence-corrected chi connectivity index (χ0v) is 13.7. The van der Waals surface area contributed by atoms with Crippen LogP contribution in [0.2, 0.25) is 0 Å². The van der Waals surface area contributed by atoms with Crippen LogP contribution < -0.4 is 5.32 Å². The number of thioether (sulfide) groups is 1. The third-order valence-electron chi connectivity index (χ3n) is 2.83. The summed E-state index contributed by atoms with van der Waals surface area (Å²) >= 11 is 2.73. The van der Waals surface area contributed by atoms with Gasteiger partial charge in [0.25, 0.3) is 5.91 Å². The minimum absolute atomic E-state index is 0.157. The predicted molar refractivity (Wildman–Crippen MR) is 89.2 cm³/mol. The van der Waals surface area contributed by atoms with Crippen molar-refractivity contribution in [3.8, 4) is 0 Å². The van der Waals surface area contributed by atoms with Gasteiger partial charge in [-0.05, 0) is 11.6 Å². The van der Waals surface area contributed by atoms with Gasteiger partial charge in [-0.15, -0.1) is 10.2 Å². The number of hydrogen-bond donors (Lipinski definition) is 1. The summed E-state index contributed by atoms with van der Waals surface area (Å²) < 4.78 is 5.54. The second-order valence-electron chi connectivity index (χ2n) is 4.50. The van der Waals surface area contributed by atoms with Gasteiger partial charge in [0, 0.05) is 5.75 Å². The Kier molecular flexibility index (Phi) is 4.87. The van der Waals surface area contributed by atoms with E-state index in [1.807, 2.05) is 30.3 Å². The molecule has 24 heavy (non-hydrogen) atoms. The van der Waals surface area contributed by atoms with Gasteiger partial charge in [0.2, 0.25) is 5.13 Å². The molecule has 1 aromatic carbocycles. The number of carbonyl (C=O) groups is 1. The molecular formula is C14H10N4O4S2. The maximum atomic E-state index is 11.9. The maximum Gasteiger partial charge on any atom is 0.433 e. The molecule has 0 fully saturated rings. The van der Waals surface area contributed by atoms with E-state index in [0.717, 1.165) is 17.4 Å². The van der Waals surface area contributed by atoms with Gasteiger partial charge >= 0.3 is 5.88 Å². The largest absolute Gasteiger partial charge is 0.433 e. The number of furan rings is 1. The van der Waals surface area contributed by atoms with Crippen LogP contribution in [0.3, 0.4) is 0 Å². The zero-order chi connectivity index (χ0) is 16.9. The lowest BCUT2D eigenvalue weighted by Gasteiger charge is -1.97. The number of nitro groups is 1. The Morgan fingerprint density at radius 2 is 2.04 bits per heavy atom. The maximum absolute atomic E-state index is 11.9. The van der Waals surface area contributed by atoms with Crippen molar-refractivity contribution in [2.45, 2.75) is 10.1 Å². The summed E-state index contributed by atoms with van der Waals surface area (Å²) in [6, 6.07) is 12.3. The molecule has 10 heteroatoms. The standard InChI is InChI=1S/C14H10N4O4S2/c19-12(10-6-7-11(22-10)18(20)21)15-13-16-17-14(24-13)23-8-9-4-2-1-3-5-9/h1-7H,8H2,(H,15,16,19). The molecule has 3 rings (SSSR count). The van der Waals surface area contributed by atoms with Crippen LogP contribution in [0.5, 0.6) is 0 Å². The highest BCUT2D eigenvalue weighted by molar-refractivity contribution is 8.00. The van der Waals surface area contributed by atoms with Crippen molar-refractivity contribution < 1.29 is 14.1 Å². The topological polar surface area (TPSA) is 111 Å². The van der Waals surface area contributed by atoms with Crippen LogP contribution in [0.4, 0.5) is 11.0 Å². The summed E-state index contributed by atoms with van der Waals surface area (Å²) in [5, 5.41) is 21.2. The molecule has 0 aliphatic rings. The SMILES string of the molecule is O=C(Nc1nnc(SCc2ccccc2)s1)c1ccc([N+](=O)[O-])o1. The van der Waals surface area contributed by atoms with E-state index in [-0.39, 0.29) is 5.76 Å². The molecule has 2 aromatic heterocycles. The number of hydrogen-bond acceptors (Lipinski definition) is 8. The Labute approximate surface area is 144 Å². The smallest absolute Gasteiger partial charge is 0.395 e. The molecule has 8 nitrogen and oxygen atoms in total. The van der Waals surface area contributed by atoms with Crippen LogP contribution >= 0.6 is 23.1 Å². The van der Waals surface area contributed by atoms with Crippen molar-refractivity contribution >= 4 is 40.0 Å². The summed E-state index contributed by atoms with van der Waals surface area (Å²) in [6.45, 7) is 0. The zero-order valence-electron chi connectivity index (χ0n) is 12.0. The molecule has 0 spiro atoms. The molecule has 3 aromatic rings. The number of nitrogens with one attached hydrogen (secondary N) is 1. The summed E-state index contributed by atoms with van der Waals surface area (Å²) in [5.41, 5.74) is 1.16. The van der Waals surface area contributed by atoms with Crippen molar-refractivity contribution in [3.05, 3.63) is 63.9 Å². The Morgan fingerprint density at radius 1 is 1.25 bits per heavy atom. The number of benzene rings is 1. The van der Waals surface area contributed by atoms with Crippen LogP contribution in [0.1, 0.15) is 16.1 Å². The highest BCUT2D eigenvalue weighted by Gasteiger charge is 2.18. The van der Waals surface area contributed by atoms with Crippen molar-refractivity contribution in [2.24, 2.45) is 0 Å². The minimum atomic E-state index is -0.708. The average Bonchev–Trinajstić information content (AvgIpc) is 3.23. The van der Waals surface area contributed by atoms with Crippen LogP contribution in [0, 0.1) is 10.1 Å². The van der Waals surface area contributed by atoms with E-state index in [1.54, 1.807) is 0 Å². The second kappa shape index (κ2) is 7.23. The highest BCUT2D eigenvalue weighted by Crippen LogP contribution is 2.28. The molecular weight excluding hydrogens is 352 g/mol. The third-order valence-corrected chi connectivity index (χ3v) is 4.87. The molecule has 2 heterocycles. The number of carbonyl (C=O) groups excluding carboxylic acids is 1. The summed E-state index contributed by atoms with van der Waals surface area (Å²) in [4.78, 5) is 21.8. The lowest BCUT2D eigenvalue weighted by atomic mass is 10.2. The first-order chi connectivity index (χ1) is 11.6. The van der Waals surface area contributed by atoms with E-state index in [4.69, 9.17) is 4.42 Å². The van der Waals surface area contributed by atoms with E-state index in [1.165, 1.54) is 29.2 Å². The number of nitrogens with zero attached hydrogens (tertiary/aromatic N) is 3. The summed E-state index contributed by atoms with van der Waals surface area (Å²) in [5.74, 6) is -0.515. The van der Waals surface area contributed by atoms with Crippen molar-refractivity contribution in [1.82, 2.24) is 10.2 Å². The number of rotatable bonds is 6. The summed E-state index contributed by atoms with van der Waals surface area (Å²) in [6.07, 6.45) is 0. The molecule has 0 radical (unpaired) electrons. The normalized spacial score (nSPS) is 10.5. The van der Waals surface area contributed by atoms with Crippen LogP contribution in [0.15, 0.2) is 51.2 Å². The quantitative estimate of drug-likeness (QED) is 0.309. The van der Waals surface area contributed by atoms with Gasteiger partial charge in [-0.1, -0.05) is 53.4 Å². The van der Waals surface area contributed by atoms with E-state index < -0.39 is 16.7 Å². The van der Waals surface area contributed by atoms with Gasteiger partial charge in [0.15, 0.2) is 10.1 Å². The third kappa shape index (κ3) is 3.97. The molecule has 0 saturated heterocycles. The van der Waals surface area contributed by atoms with E-state index in [2.05, 4.69) is 15.5 Å². The number of aromatic nitrogens is 2. The van der Waals surface area contributed by atoms with E-state index in [9.17, 15) is 14.9 Å². The van der Waals surface area contributed by atoms with Gasteiger partial charge in [0.05, 0.1) is 6.07 Å². The van der Waals surface area contributed by atoms with Crippen molar-refractivity contribution in [3.63, 3.8) is 0 Å². The first kappa shape index (κ1) is 16.1. The number of anilines is 1. The lowest BCUT2D eigenvalue weighted by Crippen LogP contribution is -2.10. The van der Waals surface area contributed by atoms with Gasteiger partial charge in [-0.3, -0.25) is 20.2 Å². The Balaban J connectivity index is 1.59. The van der Waals surface area contributed by atoms with Gasteiger partial charge in [-0.2, -0.15) is 0 Å². The monoisotopic (exact) mass is 362 g/mol. The Bertz CT molecular complexity index is 863. The molecule has 0 aliphatic heterocycles. The highest BCUT2D eigenvalue weighted by atomic mass is 32.2. The van der Waals surface area contributed by atoms with E-state index in [0.29, 0.717) is 9.47 Å². The Morgan fingerprint density at radius 3 is 2.75 bits per heavy atom. The van der Waals surface area contributed by atoms with Crippen LogP contribution in [0.25, 0.3) is 0 Å². The Hall–Kier alpha value is -2.72. The fraction of sp³-hybridized carbons (Fsp3) is 0.0714. The molecule has 1 amide bonds. The first-order valence-corrected chi connectivity index (χ1v) is 8.48. The van der Waals surface area contributed by atoms with Gasteiger partial charge in [0.1, 0.15) is 4.92 Å². The molecule has 1 N–H and O–H groups in total. The molecule has 0 bridgehead atoms. The van der Waals surface area contributed by atoms with Crippen LogP contribution in [-0.4, -0.2) is 21.0 Å². The molecule has 122 valence electrons. The molecule has 0 aliphatic carbocycles. The lowest BCUT2D eigenvalue weighted by molar-refractivity contribution is -0.402. The average molecular weight is 362 g/mol. The van der Waals surface area contributed by atoms with Crippen molar-refractivity contribution in [1.29, 1.82) is 0 Å². The van der Waals surface area contributed by atoms with Gasteiger partial charge < -0.3 is 4.42 Å². The molecule has 0 atom stereocenters. The van der Waals surface area contributed by atoms with Crippen molar-refractivity contribution in [2.75, 3.05) is 5.32 Å². The van der Waals surface area contributed by atoms with Crippen LogP contribution in [-0.2, 0) is 5.75 Å². The van der Waals surface area contributed by atoms with Gasteiger partial charge in [-0.25, -0.2) is 0 Å². The second-order valence-corrected chi connectivity index (χ2v) is 6.70. The van der Waals surface area contributed by atoms with E-state index >= 15 is 0 Å². The fourth-order valence-electron chi connectivity index (χ4n) is 1.74. The summed E-state index contributed by atoms with van der Waals surface area (Å²) in [7, 11) is 0. The fourth-order valence-corrected chi connectivity index (χ4v) is 3.45. The predicted octanol–water partition coefficient (Wildman–Crippen LogP) is 3.58. The number of amides is 1. The first-order valence-electron chi connectivity index (χ1n) is 6.67. The molecule has 0 unspecified atom stereocenters. The molecule has 0 saturated carbocycles. The minimum Gasteiger partial charge on any atom is -0.395 e.